The third kappa shape index (κ3) is 5.19. The Bertz CT molecular complexity index is 884. The SMILES string of the molecule is C=C1C/C(=C(/C)c2ccc(OC(F)(F)F)cc2)C(=NC(=C)C2CC=CC2)N(C)C1. The van der Waals surface area contributed by atoms with Crippen LogP contribution in [0.25, 0.3) is 5.57 Å². The average molecular weight is 402 g/mol. The van der Waals surface area contributed by atoms with Crippen LogP contribution in [0, 0.1) is 5.92 Å². The molecule has 0 unspecified atom stereocenters. The smallest absolute Gasteiger partial charge is 0.406 e. The fourth-order valence-electron chi connectivity index (χ4n) is 3.68. The molecule has 1 aromatic rings. The van der Waals surface area contributed by atoms with E-state index < -0.39 is 6.36 Å². The van der Waals surface area contributed by atoms with E-state index in [1.807, 2.05) is 14.0 Å². The third-order valence-corrected chi connectivity index (χ3v) is 5.22. The number of hydrogen-bond donors (Lipinski definition) is 0. The lowest BCUT2D eigenvalue weighted by Gasteiger charge is -2.32. The van der Waals surface area contributed by atoms with Crippen molar-refractivity contribution in [3.8, 4) is 5.75 Å². The predicted octanol–water partition coefficient (Wildman–Crippen LogP) is 6.13. The van der Waals surface area contributed by atoms with Crippen LogP contribution in [0.1, 0.15) is 31.7 Å². The van der Waals surface area contributed by atoms with Gasteiger partial charge < -0.3 is 9.64 Å². The van der Waals surface area contributed by atoms with Crippen LogP contribution in [-0.2, 0) is 0 Å². The number of halogens is 3. The number of ether oxygens (including phenoxy) is 1. The van der Waals surface area contributed by atoms with E-state index in [0.717, 1.165) is 46.7 Å². The summed E-state index contributed by atoms with van der Waals surface area (Å²) in [5.74, 6) is 0.934. The molecule has 154 valence electrons. The highest BCUT2D eigenvalue weighted by atomic mass is 19.4. The standard InChI is InChI=1S/C23H25F3N2O/c1-15-13-21(16(2)18-9-11-20(12-10-18)29-23(24,25)26)22(28(4)14-15)27-17(3)19-7-5-6-8-19/h5-6,9-12,19H,1,3,7-8,13-14H2,2,4H3/b21-16+,27-22?. The van der Waals surface area contributed by atoms with Crippen molar-refractivity contribution in [3.05, 3.63) is 72.0 Å². The van der Waals surface area contributed by atoms with Crippen LogP contribution in [-0.4, -0.2) is 30.7 Å². The second-order valence-corrected chi connectivity index (χ2v) is 7.53. The van der Waals surface area contributed by atoms with Crippen molar-refractivity contribution in [1.82, 2.24) is 4.90 Å². The lowest BCUT2D eigenvalue weighted by Crippen LogP contribution is -2.35. The maximum absolute atomic E-state index is 12.4. The number of rotatable bonds is 4. The van der Waals surface area contributed by atoms with Crippen molar-refractivity contribution in [2.75, 3.05) is 13.6 Å². The number of piperidine rings is 1. The van der Waals surface area contributed by atoms with Gasteiger partial charge in [0.25, 0.3) is 0 Å². The quantitative estimate of drug-likeness (QED) is 0.566. The van der Waals surface area contributed by atoms with Gasteiger partial charge in [-0.3, -0.25) is 0 Å². The van der Waals surface area contributed by atoms with Crippen LogP contribution in [0.3, 0.4) is 0 Å². The molecule has 0 aromatic heterocycles. The van der Waals surface area contributed by atoms with E-state index >= 15 is 0 Å². The largest absolute Gasteiger partial charge is 0.573 e. The van der Waals surface area contributed by atoms with Crippen LogP contribution >= 0.6 is 0 Å². The molecule has 0 saturated carbocycles. The first-order chi connectivity index (χ1) is 13.6. The van der Waals surface area contributed by atoms with Crippen molar-refractivity contribution in [2.45, 2.75) is 32.5 Å². The molecule has 29 heavy (non-hydrogen) atoms. The monoisotopic (exact) mass is 402 g/mol. The van der Waals surface area contributed by atoms with Crippen LogP contribution in [0.15, 0.2) is 71.4 Å². The molecule has 1 saturated heterocycles. The Kier molecular flexibility index (Phi) is 6.01. The highest BCUT2D eigenvalue weighted by molar-refractivity contribution is 6.06. The number of likely N-dealkylation sites (tertiary alicyclic amines) is 1. The lowest BCUT2D eigenvalue weighted by atomic mass is 9.92. The molecule has 2 aliphatic rings. The van der Waals surface area contributed by atoms with E-state index in [9.17, 15) is 13.2 Å². The summed E-state index contributed by atoms with van der Waals surface area (Å²) >= 11 is 0. The van der Waals surface area contributed by atoms with E-state index in [-0.39, 0.29) is 5.75 Å². The van der Waals surface area contributed by atoms with Crippen molar-refractivity contribution < 1.29 is 17.9 Å². The van der Waals surface area contributed by atoms with Gasteiger partial charge in [0.15, 0.2) is 0 Å². The molecule has 0 amide bonds. The molecule has 6 heteroatoms. The van der Waals surface area contributed by atoms with Gasteiger partial charge in [0.2, 0.25) is 0 Å². The molecule has 0 atom stereocenters. The Morgan fingerprint density at radius 1 is 1.17 bits per heavy atom. The summed E-state index contributed by atoms with van der Waals surface area (Å²) in [6.07, 6.45) is 2.17. The first kappa shape index (κ1) is 21.0. The van der Waals surface area contributed by atoms with E-state index in [1.54, 1.807) is 12.1 Å². The highest BCUT2D eigenvalue weighted by Gasteiger charge is 2.31. The van der Waals surface area contributed by atoms with Gasteiger partial charge >= 0.3 is 6.36 Å². The number of hydrogen-bond acceptors (Lipinski definition) is 2. The summed E-state index contributed by atoms with van der Waals surface area (Å²) in [6.45, 7) is 11.0. The molecule has 0 N–H and O–H groups in total. The minimum atomic E-state index is -4.70. The topological polar surface area (TPSA) is 24.8 Å². The molecule has 1 aliphatic carbocycles. The fraction of sp³-hybridized carbons (Fsp3) is 0.348. The molecule has 0 spiro atoms. The van der Waals surface area contributed by atoms with E-state index in [1.165, 1.54) is 12.1 Å². The number of likely N-dealkylation sites (N-methyl/N-ethyl adjacent to an activating group) is 1. The second kappa shape index (κ2) is 8.31. The van der Waals surface area contributed by atoms with Gasteiger partial charge in [0, 0.05) is 30.8 Å². The molecule has 3 nitrogen and oxygen atoms in total. The zero-order valence-electron chi connectivity index (χ0n) is 16.7. The maximum Gasteiger partial charge on any atom is 0.573 e. The number of allylic oxidation sites excluding steroid dienone is 4. The summed E-state index contributed by atoms with van der Waals surface area (Å²) in [6, 6.07) is 5.92. The minimum absolute atomic E-state index is 0.236. The second-order valence-electron chi connectivity index (χ2n) is 7.53. The van der Waals surface area contributed by atoms with Crippen molar-refractivity contribution in [3.63, 3.8) is 0 Å². The Labute approximate surface area is 169 Å². The summed E-state index contributed by atoms with van der Waals surface area (Å²) in [4.78, 5) is 6.92. The summed E-state index contributed by atoms with van der Waals surface area (Å²) < 4.78 is 41.2. The number of nitrogens with zero attached hydrogens (tertiary/aromatic N) is 2. The van der Waals surface area contributed by atoms with Crippen LogP contribution < -0.4 is 4.74 Å². The van der Waals surface area contributed by atoms with Crippen LogP contribution in [0.2, 0.25) is 0 Å². The molecular formula is C23H25F3N2O. The van der Waals surface area contributed by atoms with Gasteiger partial charge in [-0.05, 0) is 49.5 Å². The lowest BCUT2D eigenvalue weighted by molar-refractivity contribution is -0.274. The van der Waals surface area contributed by atoms with Crippen LogP contribution in [0.5, 0.6) is 5.75 Å². The van der Waals surface area contributed by atoms with Crippen LogP contribution in [0.4, 0.5) is 13.2 Å². The predicted molar refractivity (Wildman–Crippen MR) is 111 cm³/mol. The van der Waals surface area contributed by atoms with Crippen molar-refractivity contribution >= 4 is 11.4 Å². The van der Waals surface area contributed by atoms with Gasteiger partial charge in [-0.15, -0.1) is 13.2 Å². The molecule has 1 aliphatic heterocycles. The summed E-state index contributed by atoms with van der Waals surface area (Å²) in [5.41, 5.74) is 4.70. The molecule has 1 aromatic carbocycles. The Morgan fingerprint density at radius 3 is 2.38 bits per heavy atom. The first-order valence-electron chi connectivity index (χ1n) is 9.50. The highest BCUT2D eigenvalue weighted by Crippen LogP contribution is 2.33. The molecule has 1 fully saturated rings. The zero-order valence-corrected chi connectivity index (χ0v) is 16.7. The summed E-state index contributed by atoms with van der Waals surface area (Å²) in [5, 5.41) is 0. The number of alkyl halides is 3. The van der Waals surface area contributed by atoms with Gasteiger partial charge in [0.05, 0.1) is 0 Å². The molecule has 0 bridgehead atoms. The zero-order chi connectivity index (χ0) is 21.2. The Balaban J connectivity index is 1.93. The molecule has 0 radical (unpaired) electrons. The normalized spacial score (nSPS) is 21.1. The number of benzene rings is 1. The van der Waals surface area contributed by atoms with Crippen molar-refractivity contribution in [2.24, 2.45) is 10.9 Å². The average Bonchev–Trinajstić information content (AvgIpc) is 3.17. The first-order valence-corrected chi connectivity index (χ1v) is 9.50. The fourth-order valence-corrected chi connectivity index (χ4v) is 3.68. The molecule has 3 rings (SSSR count). The number of aliphatic imine (C=N–C) groups is 1. The molecular weight excluding hydrogens is 377 g/mol. The third-order valence-electron chi connectivity index (χ3n) is 5.22. The van der Waals surface area contributed by atoms with Gasteiger partial charge in [-0.2, -0.15) is 0 Å². The summed E-state index contributed by atoms with van der Waals surface area (Å²) in [7, 11) is 1.97. The van der Waals surface area contributed by atoms with E-state index in [0.29, 0.717) is 18.9 Å². The minimum Gasteiger partial charge on any atom is -0.406 e. The Morgan fingerprint density at radius 2 is 1.79 bits per heavy atom. The molecule has 1 heterocycles. The van der Waals surface area contributed by atoms with Gasteiger partial charge in [-0.25, -0.2) is 4.99 Å². The van der Waals surface area contributed by atoms with Crippen molar-refractivity contribution in [1.29, 1.82) is 0 Å². The number of amidine groups is 1. The Hall–Kier alpha value is -2.76. The van der Waals surface area contributed by atoms with E-state index in [2.05, 4.69) is 34.9 Å². The van der Waals surface area contributed by atoms with Gasteiger partial charge in [0.1, 0.15) is 11.6 Å². The van der Waals surface area contributed by atoms with E-state index in [4.69, 9.17) is 4.99 Å². The maximum atomic E-state index is 12.4. The van der Waals surface area contributed by atoms with Gasteiger partial charge in [-0.1, -0.05) is 43.0 Å².